The monoisotopic (exact) mass is 245 g/mol. The van der Waals surface area contributed by atoms with Crippen molar-refractivity contribution in [1.82, 2.24) is 15.5 Å². The van der Waals surface area contributed by atoms with Crippen LogP contribution in [0.1, 0.15) is 20.8 Å². The van der Waals surface area contributed by atoms with Crippen molar-refractivity contribution in [3.63, 3.8) is 0 Å². The molecule has 1 amide bonds. The summed E-state index contributed by atoms with van der Waals surface area (Å²) in [6.45, 7) is 9.64. The summed E-state index contributed by atoms with van der Waals surface area (Å²) >= 11 is 0. The molecule has 0 radical (unpaired) electrons. The van der Waals surface area contributed by atoms with Gasteiger partial charge < -0.3 is 20.3 Å². The molecule has 0 aromatic carbocycles. The zero-order valence-electron chi connectivity index (χ0n) is 11.8. The number of rotatable bonds is 9. The van der Waals surface area contributed by atoms with E-state index in [0.29, 0.717) is 13.2 Å². The molecule has 0 aromatic heterocycles. The number of nitrogens with zero attached hydrogens (tertiary/aromatic N) is 1. The van der Waals surface area contributed by atoms with Crippen LogP contribution in [0.5, 0.6) is 0 Å². The number of methoxy groups -OCH3 is 1. The van der Waals surface area contributed by atoms with Crippen molar-refractivity contribution in [2.24, 2.45) is 0 Å². The zero-order chi connectivity index (χ0) is 13.3. The lowest BCUT2D eigenvalue weighted by molar-refractivity contribution is -0.126. The Balaban J connectivity index is 3.77. The van der Waals surface area contributed by atoms with Crippen LogP contribution >= 0.6 is 0 Å². The number of hydrogen-bond acceptors (Lipinski definition) is 4. The van der Waals surface area contributed by atoms with E-state index in [1.807, 2.05) is 27.8 Å². The zero-order valence-corrected chi connectivity index (χ0v) is 11.8. The maximum atomic E-state index is 11.8. The van der Waals surface area contributed by atoms with Gasteiger partial charge in [-0.05, 0) is 27.4 Å². The Bertz CT molecular complexity index is 220. The third-order valence-electron chi connectivity index (χ3n) is 2.64. The molecule has 0 heterocycles. The van der Waals surface area contributed by atoms with Crippen LogP contribution in [0, 0.1) is 0 Å². The average Bonchev–Trinajstić information content (AvgIpc) is 2.26. The minimum atomic E-state index is -0.500. The predicted octanol–water partition coefficient (Wildman–Crippen LogP) is 0.0689. The smallest absolute Gasteiger partial charge is 0.239 e. The summed E-state index contributed by atoms with van der Waals surface area (Å²) in [6.07, 6.45) is 0. The van der Waals surface area contributed by atoms with Gasteiger partial charge in [0, 0.05) is 26.7 Å². The summed E-state index contributed by atoms with van der Waals surface area (Å²) < 4.78 is 4.99. The van der Waals surface area contributed by atoms with Crippen LogP contribution in [0.2, 0.25) is 0 Å². The molecule has 102 valence electrons. The van der Waals surface area contributed by atoms with E-state index >= 15 is 0 Å². The number of likely N-dealkylation sites (N-methyl/N-ethyl adjacent to an activating group) is 2. The Hall–Kier alpha value is -0.650. The first kappa shape index (κ1) is 16.4. The fraction of sp³-hybridized carbons (Fsp3) is 0.917. The van der Waals surface area contributed by atoms with E-state index in [1.165, 1.54) is 0 Å². The van der Waals surface area contributed by atoms with Gasteiger partial charge in [0.1, 0.15) is 0 Å². The van der Waals surface area contributed by atoms with Crippen molar-refractivity contribution in [1.29, 1.82) is 0 Å². The highest BCUT2D eigenvalue weighted by molar-refractivity contribution is 5.85. The van der Waals surface area contributed by atoms with Gasteiger partial charge in [-0.15, -0.1) is 0 Å². The Kier molecular flexibility index (Phi) is 8.12. The lowest BCUT2D eigenvalue weighted by Crippen LogP contribution is -2.53. The molecular weight excluding hydrogens is 218 g/mol. The van der Waals surface area contributed by atoms with E-state index in [-0.39, 0.29) is 5.91 Å². The summed E-state index contributed by atoms with van der Waals surface area (Å²) in [4.78, 5) is 14.0. The molecule has 17 heavy (non-hydrogen) atoms. The highest BCUT2D eigenvalue weighted by Gasteiger charge is 2.25. The Morgan fingerprint density at radius 1 is 1.35 bits per heavy atom. The largest absolute Gasteiger partial charge is 0.383 e. The van der Waals surface area contributed by atoms with Crippen LogP contribution in [-0.4, -0.2) is 63.3 Å². The topological polar surface area (TPSA) is 53.6 Å². The van der Waals surface area contributed by atoms with Crippen molar-refractivity contribution in [2.75, 3.05) is 46.9 Å². The molecule has 0 aliphatic heterocycles. The summed E-state index contributed by atoms with van der Waals surface area (Å²) in [5.74, 6) is 0.0412. The van der Waals surface area contributed by atoms with Crippen LogP contribution in [-0.2, 0) is 9.53 Å². The fourth-order valence-electron chi connectivity index (χ4n) is 1.46. The maximum absolute atomic E-state index is 11.8. The first-order chi connectivity index (χ1) is 7.94. The lowest BCUT2D eigenvalue weighted by atomic mass is 10.0. The standard InChI is InChI=1S/C12H27N3O2/c1-6-14-12(2,3)11(16)13-7-8-15(4)9-10-17-5/h14H,6-10H2,1-5H3,(H,13,16). The molecule has 0 atom stereocenters. The van der Waals surface area contributed by atoms with Gasteiger partial charge in [-0.1, -0.05) is 6.92 Å². The minimum absolute atomic E-state index is 0.0412. The Morgan fingerprint density at radius 2 is 2.00 bits per heavy atom. The highest BCUT2D eigenvalue weighted by atomic mass is 16.5. The SMILES string of the molecule is CCNC(C)(C)C(=O)NCCN(C)CCOC. The molecule has 0 saturated carbocycles. The van der Waals surface area contributed by atoms with Crippen molar-refractivity contribution >= 4 is 5.91 Å². The van der Waals surface area contributed by atoms with Gasteiger partial charge in [-0.2, -0.15) is 0 Å². The molecule has 0 spiro atoms. The van der Waals surface area contributed by atoms with Crippen LogP contribution < -0.4 is 10.6 Å². The van der Waals surface area contributed by atoms with Crippen molar-refractivity contribution in [3.05, 3.63) is 0 Å². The van der Waals surface area contributed by atoms with Crippen molar-refractivity contribution in [2.45, 2.75) is 26.3 Å². The van der Waals surface area contributed by atoms with Gasteiger partial charge in [-0.3, -0.25) is 4.79 Å². The molecule has 0 bridgehead atoms. The van der Waals surface area contributed by atoms with E-state index in [2.05, 4.69) is 15.5 Å². The summed E-state index contributed by atoms with van der Waals surface area (Å²) in [5.41, 5.74) is -0.500. The number of amides is 1. The summed E-state index contributed by atoms with van der Waals surface area (Å²) in [6, 6.07) is 0. The number of carbonyl (C=O) groups excluding carboxylic acids is 1. The van der Waals surface area contributed by atoms with Gasteiger partial charge in [0.05, 0.1) is 12.1 Å². The molecule has 2 N–H and O–H groups in total. The number of nitrogens with one attached hydrogen (secondary N) is 2. The quantitative estimate of drug-likeness (QED) is 0.603. The lowest BCUT2D eigenvalue weighted by Gasteiger charge is -2.25. The number of ether oxygens (including phenoxy) is 1. The summed E-state index contributed by atoms with van der Waals surface area (Å²) in [5, 5.41) is 6.08. The second-order valence-electron chi connectivity index (χ2n) is 4.71. The highest BCUT2D eigenvalue weighted by Crippen LogP contribution is 2.00. The average molecular weight is 245 g/mol. The van der Waals surface area contributed by atoms with E-state index in [0.717, 1.165) is 19.6 Å². The predicted molar refractivity (Wildman–Crippen MR) is 70.1 cm³/mol. The van der Waals surface area contributed by atoms with E-state index in [1.54, 1.807) is 7.11 Å². The fourth-order valence-corrected chi connectivity index (χ4v) is 1.46. The van der Waals surface area contributed by atoms with Crippen LogP contribution in [0.3, 0.4) is 0 Å². The van der Waals surface area contributed by atoms with Crippen molar-refractivity contribution in [3.8, 4) is 0 Å². The third-order valence-corrected chi connectivity index (χ3v) is 2.64. The maximum Gasteiger partial charge on any atom is 0.239 e. The van der Waals surface area contributed by atoms with Crippen LogP contribution in [0.25, 0.3) is 0 Å². The molecule has 0 fully saturated rings. The number of carbonyl (C=O) groups is 1. The first-order valence-electron chi connectivity index (χ1n) is 6.14. The third kappa shape index (κ3) is 7.31. The molecule has 0 rings (SSSR count). The molecular formula is C12H27N3O2. The van der Waals surface area contributed by atoms with Gasteiger partial charge >= 0.3 is 0 Å². The molecule has 0 aromatic rings. The van der Waals surface area contributed by atoms with E-state index in [4.69, 9.17) is 4.74 Å². The number of hydrogen-bond donors (Lipinski definition) is 2. The minimum Gasteiger partial charge on any atom is -0.383 e. The molecule has 5 heteroatoms. The second-order valence-corrected chi connectivity index (χ2v) is 4.71. The molecule has 0 saturated heterocycles. The van der Waals surface area contributed by atoms with Gasteiger partial charge in [0.25, 0.3) is 0 Å². The summed E-state index contributed by atoms with van der Waals surface area (Å²) in [7, 11) is 3.70. The Morgan fingerprint density at radius 3 is 2.53 bits per heavy atom. The van der Waals surface area contributed by atoms with Crippen LogP contribution in [0.15, 0.2) is 0 Å². The second kappa shape index (κ2) is 8.44. The van der Waals surface area contributed by atoms with Gasteiger partial charge in [-0.25, -0.2) is 0 Å². The Labute approximate surface area is 105 Å². The normalized spacial score (nSPS) is 11.9. The van der Waals surface area contributed by atoms with Gasteiger partial charge in [0.15, 0.2) is 0 Å². The van der Waals surface area contributed by atoms with E-state index < -0.39 is 5.54 Å². The van der Waals surface area contributed by atoms with Crippen molar-refractivity contribution < 1.29 is 9.53 Å². The molecule has 0 aliphatic rings. The van der Waals surface area contributed by atoms with E-state index in [9.17, 15) is 4.79 Å². The van der Waals surface area contributed by atoms with Gasteiger partial charge in [0.2, 0.25) is 5.91 Å². The first-order valence-corrected chi connectivity index (χ1v) is 6.14. The molecule has 5 nitrogen and oxygen atoms in total. The molecule has 0 unspecified atom stereocenters. The molecule has 0 aliphatic carbocycles. The van der Waals surface area contributed by atoms with Crippen LogP contribution in [0.4, 0.5) is 0 Å².